The van der Waals surface area contributed by atoms with E-state index in [9.17, 15) is 4.79 Å². The molecule has 0 spiro atoms. The van der Waals surface area contributed by atoms with Crippen molar-refractivity contribution in [2.75, 3.05) is 26.2 Å². The summed E-state index contributed by atoms with van der Waals surface area (Å²) >= 11 is 0. The van der Waals surface area contributed by atoms with Crippen molar-refractivity contribution in [3.63, 3.8) is 0 Å². The molecule has 1 aliphatic carbocycles. The molecule has 1 amide bonds. The first kappa shape index (κ1) is 25.9. The topological polar surface area (TPSA) is 41.6 Å². The van der Waals surface area contributed by atoms with Gasteiger partial charge >= 0.3 is 0 Å². The van der Waals surface area contributed by atoms with E-state index in [1.807, 2.05) is 64.6 Å². The van der Waals surface area contributed by atoms with Crippen LogP contribution < -0.4 is 5.32 Å². The Balaban J connectivity index is 0.00000111. The number of hydrogen-bond donors (Lipinski definition) is 1. The third-order valence-electron chi connectivity index (χ3n) is 3.97. The summed E-state index contributed by atoms with van der Waals surface area (Å²) in [7, 11) is 0. The molecule has 1 saturated heterocycles. The lowest BCUT2D eigenvalue weighted by Crippen LogP contribution is -2.48. The number of carbonyl (C=O) groups is 1. The first-order valence-corrected chi connectivity index (χ1v) is 10.9. The predicted molar refractivity (Wildman–Crippen MR) is 120 cm³/mol. The molecule has 28 heavy (non-hydrogen) atoms. The monoisotopic (exact) mass is 388 g/mol. The van der Waals surface area contributed by atoms with Crippen LogP contribution in [-0.2, 0) is 16.1 Å². The van der Waals surface area contributed by atoms with E-state index in [1.165, 1.54) is 11.1 Å². The SMILES string of the molecule is CC.CC.CC.O=C1CNCCN1CC1=CCCC(OCc2ccccc2)=C1. The van der Waals surface area contributed by atoms with Crippen molar-refractivity contribution in [1.29, 1.82) is 0 Å². The van der Waals surface area contributed by atoms with Crippen molar-refractivity contribution in [1.82, 2.24) is 10.2 Å². The van der Waals surface area contributed by atoms with Gasteiger partial charge in [0.05, 0.1) is 12.3 Å². The summed E-state index contributed by atoms with van der Waals surface area (Å²) in [5, 5.41) is 3.10. The molecule has 1 aromatic carbocycles. The van der Waals surface area contributed by atoms with Crippen LogP contribution in [0.15, 0.2) is 53.8 Å². The number of ether oxygens (including phenoxy) is 1. The van der Waals surface area contributed by atoms with Crippen LogP contribution in [-0.4, -0.2) is 37.0 Å². The van der Waals surface area contributed by atoms with Gasteiger partial charge in [-0.05, 0) is 23.6 Å². The van der Waals surface area contributed by atoms with Gasteiger partial charge in [0, 0.05) is 26.1 Å². The first-order chi connectivity index (χ1) is 13.8. The van der Waals surface area contributed by atoms with E-state index in [0.717, 1.165) is 31.7 Å². The van der Waals surface area contributed by atoms with Gasteiger partial charge in [-0.1, -0.05) is 78.0 Å². The number of amides is 1. The van der Waals surface area contributed by atoms with Gasteiger partial charge in [0.1, 0.15) is 6.61 Å². The maximum absolute atomic E-state index is 11.8. The highest BCUT2D eigenvalue weighted by molar-refractivity contribution is 5.79. The zero-order valence-electron chi connectivity index (χ0n) is 18.8. The Morgan fingerprint density at radius 2 is 1.71 bits per heavy atom. The lowest BCUT2D eigenvalue weighted by Gasteiger charge is -2.28. The van der Waals surface area contributed by atoms with Crippen LogP contribution >= 0.6 is 0 Å². The Morgan fingerprint density at radius 1 is 1.04 bits per heavy atom. The Kier molecular flexibility index (Phi) is 15.8. The van der Waals surface area contributed by atoms with Gasteiger partial charge in [0.2, 0.25) is 5.91 Å². The molecule has 1 N–H and O–H groups in total. The summed E-state index contributed by atoms with van der Waals surface area (Å²) in [5.41, 5.74) is 2.36. The molecule has 0 bridgehead atoms. The molecule has 0 aromatic heterocycles. The Morgan fingerprint density at radius 3 is 2.36 bits per heavy atom. The van der Waals surface area contributed by atoms with Gasteiger partial charge in [-0.2, -0.15) is 0 Å². The van der Waals surface area contributed by atoms with Crippen molar-refractivity contribution < 1.29 is 9.53 Å². The molecule has 1 heterocycles. The molecule has 0 saturated carbocycles. The van der Waals surface area contributed by atoms with Crippen molar-refractivity contribution in [3.05, 3.63) is 59.4 Å². The largest absolute Gasteiger partial charge is 0.493 e. The van der Waals surface area contributed by atoms with E-state index in [2.05, 4.69) is 29.6 Å². The smallest absolute Gasteiger partial charge is 0.236 e. The highest BCUT2D eigenvalue weighted by Gasteiger charge is 2.19. The van der Waals surface area contributed by atoms with E-state index in [1.54, 1.807) is 0 Å². The van der Waals surface area contributed by atoms with Crippen LogP contribution in [0.2, 0.25) is 0 Å². The van der Waals surface area contributed by atoms with E-state index < -0.39 is 0 Å². The second kappa shape index (κ2) is 17.1. The molecule has 1 aliphatic heterocycles. The average molecular weight is 389 g/mol. The number of rotatable bonds is 5. The number of allylic oxidation sites excluding steroid dienone is 2. The van der Waals surface area contributed by atoms with E-state index >= 15 is 0 Å². The van der Waals surface area contributed by atoms with Crippen molar-refractivity contribution in [2.24, 2.45) is 0 Å². The molecular weight excluding hydrogens is 348 g/mol. The zero-order chi connectivity index (χ0) is 21.2. The third-order valence-corrected chi connectivity index (χ3v) is 3.97. The summed E-state index contributed by atoms with van der Waals surface area (Å²) in [6, 6.07) is 10.2. The minimum Gasteiger partial charge on any atom is -0.493 e. The Labute approximate surface area is 172 Å². The van der Waals surface area contributed by atoms with Gasteiger partial charge in [-0.3, -0.25) is 4.79 Å². The fourth-order valence-corrected chi connectivity index (χ4v) is 2.75. The molecular formula is C24H40N2O2. The predicted octanol–water partition coefficient (Wildman–Crippen LogP) is 5.32. The van der Waals surface area contributed by atoms with Crippen LogP contribution in [0.1, 0.15) is 59.9 Å². The van der Waals surface area contributed by atoms with E-state index in [0.29, 0.717) is 19.7 Å². The molecule has 2 aliphatic rings. The maximum Gasteiger partial charge on any atom is 0.236 e. The van der Waals surface area contributed by atoms with Gasteiger partial charge in [0.15, 0.2) is 0 Å². The molecule has 0 atom stereocenters. The molecule has 0 unspecified atom stereocenters. The van der Waals surface area contributed by atoms with Crippen LogP contribution in [0.25, 0.3) is 0 Å². The number of hydrogen-bond acceptors (Lipinski definition) is 3. The van der Waals surface area contributed by atoms with Crippen LogP contribution in [0.3, 0.4) is 0 Å². The summed E-state index contributed by atoms with van der Waals surface area (Å²) in [6.45, 7) is 15.4. The molecule has 158 valence electrons. The highest BCUT2D eigenvalue weighted by Crippen LogP contribution is 2.20. The number of carbonyl (C=O) groups excluding carboxylic acids is 1. The summed E-state index contributed by atoms with van der Waals surface area (Å²) in [5.74, 6) is 1.20. The second-order valence-electron chi connectivity index (χ2n) is 5.69. The number of nitrogens with one attached hydrogen (secondary N) is 1. The van der Waals surface area contributed by atoms with E-state index in [4.69, 9.17) is 4.74 Å². The fraction of sp³-hybridized carbons (Fsp3) is 0.542. The lowest BCUT2D eigenvalue weighted by atomic mass is 10.0. The average Bonchev–Trinajstić information content (AvgIpc) is 2.79. The normalized spacial score (nSPS) is 15.4. The standard InChI is InChI=1S/C18H22N2O2.3C2H6/c21-18-12-19-9-10-20(18)13-16-7-4-8-17(11-16)22-14-15-5-2-1-3-6-15;3*1-2/h1-3,5-7,11,19H,4,8-10,12-14H2;3*1-2H3. The molecule has 0 radical (unpaired) electrons. The Bertz CT molecular complexity index is 580. The second-order valence-corrected chi connectivity index (χ2v) is 5.69. The van der Waals surface area contributed by atoms with Crippen molar-refractivity contribution >= 4 is 5.91 Å². The highest BCUT2D eigenvalue weighted by atomic mass is 16.5. The summed E-state index contributed by atoms with van der Waals surface area (Å²) < 4.78 is 5.92. The van der Waals surface area contributed by atoms with E-state index in [-0.39, 0.29) is 5.91 Å². The minimum atomic E-state index is 0.179. The molecule has 4 nitrogen and oxygen atoms in total. The minimum absolute atomic E-state index is 0.179. The van der Waals surface area contributed by atoms with Crippen LogP contribution in [0.5, 0.6) is 0 Å². The van der Waals surface area contributed by atoms with Crippen LogP contribution in [0, 0.1) is 0 Å². The third kappa shape index (κ3) is 9.75. The van der Waals surface area contributed by atoms with Crippen molar-refractivity contribution in [2.45, 2.75) is 61.0 Å². The maximum atomic E-state index is 11.8. The van der Waals surface area contributed by atoms with Gasteiger partial charge in [0.25, 0.3) is 0 Å². The summed E-state index contributed by atoms with van der Waals surface area (Å²) in [4.78, 5) is 13.8. The zero-order valence-corrected chi connectivity index (χ0v) is 18.8. The quantitative estimate of drug-likeness (QED) is 0.742. The van der Waals surface area contributed by atoms with Gasteiger partial charge in [-0.15, -0.1) is 0 Å². The molecule has 1 fully saturated rings. The fourth-order valence-electron chi connectivity index (χ4n) is 2.75. The first-order valence-electron chi connectivity index (χ1n) is 10.9. The van der Waals surface area contributed by atoms with Crippen molar-refractivity contribution in [3.8, 4) is 0 Å². The summed E-state index contributed by atoms with van der Waals surface area (Å²) in [6.07, 6.45) is 6.23. The number of nitrogens with zero attached hydrogens (tertiary/aromatic N) is 1. The van der Waals surface area contributed by atoms with Gasteiger partial charge < -0.3 is 15.0 Å². The molecule has 4 heteroatoms. The van der Waals surface area contributed by atoms with Gasteiger partial charge in [-0.25, -0.2) is 0 Å². The lowest BCUT2D eigenvalue weighted by molar-refractivity contribution is -0.131. The van der Waals surface area contributed by atoms with Crippen LogP contribution in [0.4, 0.5) is 0 Å². The number of piperazine rings is 1. The molecule has 1 aromatic rings. The Hall–Kier alpha value is -2.07. The molecule has 3 rings (SSSR count). The number of benzene rings is 1.